The summed E-state index contributed by atoms with van der Waals surface area (Å²) in [5, 5.41) is 11.4. The van der Waals surface area contributed by atoms with E-state index in [1.165, 1.54) is 24.3 Å². The second-order valence-corrected chi connectivity index (χ2v) is 8.17. The molecule has 0 saturated carbocycles. The number of carbonyl (C=O) groups excluding carboxylic acids is 1. The first-order valence-corrected chi connectivity index (χ1v) is 11.2. The monoisotopic (exact) mass is 489 g/mol. The summed E-state index contributed by atoms with van der Waals surface area (Å²) in [5.74, 6) is -1.29. The summed E-state index contributed by atoms with van der Waals surface area (Å²) in [7, 11) is 0. The fourth-order valence-electron chi connectivity index (χ4n) is 3.25. The molecule has 4 rings (SSSR count). The van der Waals surface area contributed by atoms with Gasteiger partial charge in [0, 0.05) is 5.69 Å². The van der Waals surface area contributed by atoms with Gasteiger partial charge in [0.2, 0.25) is 23.8 Å². The van der Waals surface area contributed by atoms with Crippen LogP contribution in [0.1, 0.15) is 18.1 Å². The number of benzene rings is 3. The largest absolute Gasteiger partial charge is 0.342 e. The van der Waals surface area contributed by atoms with Gasteiger partial charge >= 0.3 is 0 Å². The van der Waals surface area contributed by atoms with Crippen LogP contribution in [-0.2, 0) is 4.79 Å². The van der Waals surface area contributed by atoms with Crippen molar-refractivity contribution in [3.05, 3.63) is 89.5 Å². The number of rotatable bonds is 8. The van der Waals surface area contributed by atoms with Crippen molar-refractivity contribution in [2.75, 3.05) is 21.3 Å². The molecule has 3 aromatic carbocycles. The number of nitrogens with one attached hydrogen (secondary N) is 4. The Labute approximate surface area is 207 Å². The number of para-hydroxylation sites is 2. The van der Waals surface area contributed by atoms with Crippen molar-refractivity contribution in [2.24, 2.45) is 0 Å². The average Bonchev–Trinajstić information content (AvgIpc) is 2.84. The second-order valence-electron chi connectivity index (χ2n) is 8.17. The Morgan fingerprint density at radius 2 is 1.28 bits per heavy atom. The zero-order valence-electron chi connectivity index (χ0n) is 19.9. The van der Waals surface area contributed by atoms with Crippen molar-refractivity contribution >= 4 is 40.8 Å². The number of nitrogens with zero attached hydrogens (tertiary/aromatic N) is 3. The molecule has 0 radical (unpaired) electrons. The summed E-state index contributed by atoms with van der Waals surface area (Å²) in [6, 6.07) is 17.0. The molecule has 1 aromatic heterocycles. The topological polar surface area (TPSA) is 104 Å². The molecule has 0 fully saturated rings. The minimum atomic E-state index is -0.739. The number of hydrogen-bond donors (Lipinski definition) is 4. The maximum Gasteiger partial charge on any atom is 0.246 e. The molecule has 0 spiro atoms. The van der Waals surface area contributed by atoms with Crippen LogP contribution in [0, 0.1) is 25.5 Å². The molecule has 0 aliphatic heterocycles. The van der Waals surface area contributed by atoms with Gasteiger partial charge in [-0.1, -0.05) is 30.3 Å². The van der Waals surface area contributed by atoms with Crippen LogP contribution >= 0.6 is 0 Å². The number of halogens is 2. The first-order chi connectivity index (χ1) is 17.3. The smallest absolute Gasteiger partial charge is 0.246 e. The molecule has 1 amide bonds. The summed E-state index contributed by atoms with van der Waals surface area (Å²) in [6.45, 7) is 5.60. The van der Waals surface area contributed by atoms with E-state index >= 15 is 0 Å². The van der Waals surface area contributed by atoms with Crippen LogP contribution in [0.5, 0.6) is 0 Å². The SMILES string of the molecule is Cc1ccc(NC(=O)C(C)Nc2nc(Nc3ccccc3F)nc(Nc3ccccc3F)n2)cc1C. The number of aryl methyl sites for hydroxylation is 2. The minimum Gasteiger partial charge on any atom is -0.342 e. The predicted octanol–water partition coefficient (Wildman–Crippen LogP) is 5.69. The number of amides is 1. The van der Waals surface area contributed by atoms with Crippen molar-refractivity contribution < 1.29 is 13.6 Å². The minimum absolute atomic E-state index is 0.00166. The number of carbonyl (C=O) groups is 1. The van der Waals surface area contributed by atoms with Crippen molar-refractivity contribution in [1.82, 2.24) is 15.0 Å². The van der Waals surface area contributed by atoms with Gasteiger partial charge in [0.05, 0.1) is 11.4 Å². The van der Waals surface area contributed by atoms with E-state index in [9.17, 15) is 13.6 Å². The number of aromatic nitrogens is 3. The van der Waals surface area contributed by atoms with Gasteiger partial charge in [-0.05, 0) is 68.3 Å². The number of anilines is 6. The molecule has 36 heavy (non-hydrogen) atoms. The van der Waals surface area contributed by atoms with Crippen LogP contribution in [-0.4, -0.2) is 26.9 Å². The fourth-order valence-corrected chi connectivity index (χ4v) is 3.25. The normalized spacial score (nSPS) is 11.5. The fraction of sp³-hybridized carbons (Fsp3) is 0.154. The van der Waals surface area contributed by atoms with Gasteiger partial charge in [-0.2, -0.15) is 15.0 Å². The molecule has 4 aromatic rings. The molecule has 0 aliphatic rings. The van der Waals surface area contributed by atoms with E-state index < -0.39 is 17.7 Å². The van der Waals surface area contributed by atoms with Gasteiger partial charge in [0.15, 0.2) is 0 Å². The Morgan fingerprint density at radius 3 is 1.81 bits per heavy atom. The Balaban J connectivity index is 1.58. The van der Waals surface area contributed by atoms with E-state index in [1.54, 1.807) is 31.2 Å². The molecule has 1 unspecified atom stereocenters. The Morgan fingerprint density at radius 1 is 0.750 bits per heavy atom. The quantitative estimate of drug-likeness (QED) is 0.252. The van der Waals surface area contributed by atoms with E-state index in [0.29, 0.717) is 5.69 Å². The third-order valence-corrected chi connectivity index (χ3v) is 5.39. The maximum absolute atomic E-state index is 14.2. The van der Waals surface area contributed by atoms with Crippen LogP contribution in [0.2, 0.25) is 0 Å². The zero-order chi connectivity index (χ0) is 25.7. The summed E-state index contributed by atoms with van der Waals surface area (Å²) in [5.41, 5.74) is 3.13. The van der Waals surface area contributed by atoms with Gasteiger partial charge in [-0.3, -0.25) is 4.79 Å². The van der Waals surface area contributed by atoms with Crippen LogP contribution in [0.25, 0.3) is 0 Å². The molecule has 0 saturated heterocycles. The van der Waals surface area contributed by atoms with E-state index in [2.05, 4.69) is 36.2 Å². The molecule has 10 heteroatoms. The lowest BCUT2D eigenvalue weighted by molar-refractivity contribution is -0.116. The van der Waals surface area contributed by atoms with E-state index in [1.807, 2.05) is 32.0 Å². The van der Waals surface area contributed by atoms with Gasteiger partial charge in [-0.15, -0.1) is 0 Å². The first kappa shape index (κ1) is 24.5. The van der Waals surface area contributed by atoms with E-state index in [0.717, 1.165) is 11.1 Å². The second kappa shape index (κ2) is 10.8. The highest BCUT2D eigenvalue weighted by Crippen LogP contribution is 2.22. The molecular weight excluding hydrogens is 464 g/mol. The lowest BCUT2D eigenvalue weighted by atomic mass is 10.1. The van der Waals surface area contributed by atoms with Crippen molar-refractivity contribution in [1.29, 1.82) is 0 Å². The first-order valence-electron chi connectivity index (χ1n) is 11.2. The molecular formula is C26H25F2N7O. The highest BCUT2D eigenvalue weighted by Gasteiger charge is 2.17. The Hall–Kier alpha value is -4.60. The summed E-state index contributed by atoms with van der Waals surface area (Å²) in [6.07, 6.45) is 0. The molecule has 0 bridgehead atoms. The standard InChI is InChI=1S/C26H25F2N7O/c1-15-12-13-18(14-16(15)2)30-23(36)17(3)29-24-33-25(31-21-10-6-4-8-19(21)27)35-26(34-24)32-22-11-7-5-9-20(22)28/h4-14,17H,1-3H3,(H,30,36)(H3,29,31,32,33,34,35). The highest BCUT2D eigenvalue weighted by molar-refractivity contribution is 5.96. The zero-order valence-corrected chi connectivity index (χ0v) is 19.9. The predicted molar refractivity (Wildman–Crippen MR) is 137 cm³/mol. The molecule has 184 valence electrons. The van der Waals surface area contributed by atoms with Crippen molar-refractivity contribution in [2.45, 2.75) is 26.8 Å². The average molecular weight is 490 g/mol. The van der Waals surface area contributed by atoms with Crippen LogP contribution in [0.15, 0.2) is 66.7 Å². The molecule has 1 heterocycles. The third kappa shape index (κ3) is 6.09. The van der Waals surface area contributed by atoms with Crippen molar-refractivity contribution in [3.8, 4) is 0 Å². The van der Waals surface area contributed by atoms with E-state index in [4.69, 9.17) is 0 Å². The summed E-state index contributed by atoms with van der Waals surface area (Å²) < 4.78 is 28.4. The molecule has 4 N–H and O–H groups in total. The number of hydrogen-bond acceptors (Lipinski definition) is 7. The van der Waals surface area contributed by atoms with Gasteiger partial charge in [0.25, 0.3) is 0 Å². The lowest BCUT2D eigenvalue weighted by Gasteiger charge is -2.16. The molecule has 1 atom stereocenters. The van der Waals surface area contributed by atoms with Crippen LogP contribution < -0.4 is 21.3 Å². The Kier molecular flexibility index (Phi) is 7.33. The van der Waals surface area contributed by atoms with Crippen LogP contribution in [0.4, 0.5) is 43.7 Å². The molecule has 0 aliphatic carbocycles. The molecule has 8 nitrogen and oxygen atoms in total. The highest BCUT2D eigenvalue weighted by atomic mass is 19.1. The summed E-state index contributed by atoms with van der Waals surface area (Å²) in [4.78, 5) is 25.5. The van der Waals surface area contributed by atoms with Gasteiger partial charge in [-0.25, -0.2) is 8.78 Å². The van der Waals surface area contributed by atoms with E-state index in [-0.39, 0.29) is 35.1 Å². The lowest BCUT2D eigenvalue weighted by Crippen LogP contribution is -2.32. The Bertz CT molecular complexity index is 1330. The maximum atomic E-state index is 14.2. The van der Waals surface area contributed by atoms with Gasteiger partial charge in [0.1, 0.15) is 17.7 Å². The summed E-state index contributed by atoms with van der Waals surface area (Å²) >= 11 is 0. The van der Waals surface area contributed by atoms with Crippen molar-refractivity contribution in [3.63, 3.8) is 0 Å². The third-order valence-electron chi connectivity index (χ3n) is 5.39. The van der Waals surface area contributed by atoms with Gasteiger partial charge < -0.3 is 21.3 Å². The van der Waals surface area contributed by atoms with Crippen LogP contribution in [0.3, 0.4) is 0 Å².